The van der Waals surface area contributed by atoms with Gasteiger partial charge in [-0.15, -0.1) is 13.2 Å². The van der Waals surface area contributed by atoms with Crippen molar-refractivity contribution in [2.75, 3.05) is 0 Å². The van der Waals surface area contributed by atoms with E-state index in [2.05, 4.69) is 10.1 Å². The SMILES string of the molecule is O=C1C=C(NC(=O)c2cc(OC(F)(F)F)ccc2Oc2ccc(F)cc2Cl)C=CC1. The molecule has 5 nitrogen and oxygen atoms in total. The van der Waals surface area contributed by atoms with Gasteiger partial charge in [-0.05, 0) is 42.5 Å². The monoisotopic (exact) mass is 441 g/mol. The van der Waals surface area contributed by atoms with Gasteiger partial charge in [0.25, 0.3) is 5.91 Å². The molecule has 2 aromatic carbocycles. The lowest BCUT2D eigenvalue weighted by molar-refractivity contribution is -0.274. The lowest BCUT2D eigenvalue weighted by Crippen LogP contribution is -2.24. The minimum atomic E-state index is -4.97. The Kier molecular flexibility index (Phi) is 6.12. The van der Waals surface area contributed by atoms with Crippen molar-refractivity contribution >= 4 is 23.3 Å². The van der Waals surface area contributed by atoms with Crippen LogP contribution in [0.15, 0.2) is 60.3 Å². The number of hydrogen-bond donors (Lipinski definition) is 1. The summed E-state index contributed by atoms with van der Waals surface area (Å²) in [5, 5.41) is 2.30. The molecule has 1 amide bonds. The van der Waals surface area contributed by atoms with Crippen molar-refractivity contribution in [2.45, 2.75) is 12.8 Å². The molecule has 0 heterocycles. The Labute approximate surface area is 172 Å². The largest absolute Gasteiger partial charge is 0.573 e. The fraction of sp³-hybridized carbons (Fsp3) is 0.100. The first kappa shape index (κ1) is 21.4. The predicted molar refractivity (Wildman–Crippen MR) is 98.9 cm³/mol. The fourth-order valence-electron chi connectivity index (χ4n) is 2.51. The van der Waals surface area contributed by atoms with E-state index in [4.69, 9.17) is 16.3 Å². The summed E-state index contributed by atoms with van der Waals surface area (Å²) in [6.07, 6.45) is -0.613. The Balaban J connectivity index is 1.95. The van der Waals surface area contributed by atoms with E-state index in [1.807, 2.05) is 0 Å². The predicted octanol–water partition coefficient (Wildman–Crippen LogP) is 5.31. The van der Waals surface area contributed by atoms with Crippen LogP contribution in [0, 0.1) is 5.82 Å². The second-order valence-electron chi connectivity index (χ2n) is 6.01. The van der Waals surface area contributed by atoms with Gasteiger partial charge in [0.15, 0.2) is 5.78 Å². The normalized spacial score (nSPS) is 13.6. The van der Waals surface area contributed by atoms with Gasteiger partial charge in [-0.2, -0.15) is 0 Å². The number of carbonyl (C=O) groups is 2. The van der Waals surface area contributed by atoms with Gasteiger partial charge in [0.1, 0.15) is 23.1 Å². The molecule has 0 bridgehead atoms. The van der Waals surface area contributed by atoms with E-state index in [1.54, 1.807) is 0 Å². The molecule has 2 aromatic rings. The van der Waals surface area contributed by atoms with Gasteiger partial charge in [0, 0.05) is 18.2 Å². The first-order valence-corrected chi connectivity index (χ1v) is 8.73. The highest BCUT2D eigenvalue weighted by Crippen LogP contribution is 2.34. The number of amides is 1. The molecule has 1 aliphatic carbocycles. The first-order chi connectivity index (χ1) is 14.1. The molecule has 0 saturated carbocycles. The van der Waals surface area contributed by atoms with E-state index >= 15 is 0 Å². The lowest BCUT2D eigenvalue weighted by atomic mass is 10.1. The van der Waals surface area contributed by atoms with Crippen molar-refractivity contribution in [3.05, 3.63) is 76.7 Å². The number of nitrogens with one attached hydrogen (secondary N) is 1. The molecule has 1 aliphatic rings. The Morgan fingerprint density at radius 2 is 1.83 bits per heavy atom. The number of allylic oxidation sites excluding steroid dienone is 3. The Morgan fingerprint density at radius 1 is 1.10 bits per heavy atom. The molecular formula is C20H12ClF4NO4. The molecule has 3 rings (SSSR count). The molecule has 0 fully saturated rings. The van der Waals surface area contributed by atoms with Crippen LogP contribution < -0.4 is 14.8 Å². The second kappa shape index (κ2) is 8.58. The zero-order valence-corrected chi connectivity index (χ0v) is 15.7. The van der Waals surface area contributed by atoms with E-state index in [9.17, 15) is 27.2 Å². The average molecular weight is 442 g/mol. The molecular weight excluding hydrogens is 430 g/mol. The van der Waals surface area contributed by atoms with Crippen LogP contribution in [0.4, 0.5) is 17.6 Å². The summed E-state index contributed by atoms with van der Waals surface area (Å²) in [7, 11) is 0. The summed E-state index contributed by atoms with van der Waals surface area (Å²) in [5.41, 5.74) is -0.173. The molecule has 0 saturated heterocycles. The molecule has 0 unspecified atom stereocenters. The highest BCUT2D eigenvalue weighted by atomic mass is 35.5. The van der Waals surface area contributed by atoms with Crippen LogP contribution in [0.5, 0.6) is 17.2 Å². The van der Waals surface area contributed by atoms with Crippen molar-refractivity contribution in [3.8, 4) is 17.2 Å². The minimum Gasteiger partial charge on any atom is -0.455 e. The van der Waals surface area contributed by atoms with Crippen LogP contribution in [-0.2, 0) is 4.79 Å². The number of ether oxygens (including phenoxy) is 2. The molecule has 0 spiro atoms. The molecule has 0 aromatic heterocycles. The number of ketones is 1. The van der Waals surface area contributed by atoms with E-state index in [1.165, 1.54) is 24.3 Å². The average Bonchev–Trinajstić information content (AvgIpc) is 2.64. The van der Waals surface area contributed by atoms with Crippen molar-refractivity contribution < 1.29 is 36.6 Å². The van der Waals surface area contributed by atoms with E-state index in [-0.39, 0.29) is 40.0 Å². The van der Waals surface area contributed by atoms with Crippen LogP contribution in [0.3, 0.4) is 0 Å². The maximum atomic E-state index is 13.2. The zero-order chi connectivity index (χ0) is 21.9. The summed E-state index contributed by atoms with van der Waals surface area (Å²) >= 11 is 5.91. The van der Waals surface area contributed by atoms with Gasteiger partial charge in [0.05, 0.1) is 10.6 Å². The van der Waals surface area contributed by atoms with Crippen molar-refractivity contribution in [1.82, 2.24) is 5.32 Å². The molecule has 10 heteroatoms. The highest BCUT2D eigenvalue weighted by Gasteiger charge is 2.32. The highest BCUT2D eigenvalue weighted by molar-refractivity contribution is 6.32. The maximum absolute atomic E-state index is 13.2. The summed E-state index contributed by atoms with van der Waals surface area (Å²) in [4.78, 5) is 24.2. The van der Waals surface area contributed by atoms with E-state index in [0.29, 0.717) is 0 Å². The van der Waals surface area contributed by atoms with Crippen LogP contribution in [0.1, 0.15) is 16.8 Å². The summed E-state index contributed by atoms with van der Waals surface area (Å²) < 4.78 is 60.3. The van der Waals surface area contributed by atoms with Gasteiger partial charge < -0.3 is 14.8 Å². The van der Waals surface area contributed by atoms with Gasteiger partial charge >= 0.3 is 6.36 Å². The smallest absolute Gasteiger partial charge is 0.455 e. The molecule has 0 aliphatic heterocycles. The molecule has 156 valence electrons. The fourth-order valence-corrected chi connectivity index (χ4v) is 2.71. The van der Waals surface area contributed by atoms with Gasteiger partial charge in [-0.25, -0.2) is 4.39 Å². The molecule has 0 radical (unpaired) electrons. The lowest BCUT2D eigenvalue weighted by Gasteiger charge is -2.16. The van der Waals surface area contributed by atoms with Crippen molar-refractivity contribution in [3.63, 3.8) is 0 Å². The van der Waals surface area contributed by atoms with Gasteiger partial charge in [0.2, 0.25) is 0 Å². The van der Waals surface area contributed by atoms with Gasteiger partial charge in [-0.3, -0.25) is 9.59 Å². The van der Waals surface area contributed by atoms with Crippen LogP contribution in [0.25, 0.3) is 0 Å². The number of hydrogen-bond acceptors (Lipinski definition) is 4. The maximum Gasteiger partial charge on any atom is 0.573 e. The van der Waals surface area contributed by atoms with E-state index < -0.39 is 23.8 Å². The molecule has 0 atom stereocenters. The summed E-state index contributed by atoms with van der Waals surface area (Å²) in [5.74, 6) is -2.59. The number of rotatable bonds is 5. The molecule has 1 N–H and O–H groups in total. The van der Waals surface area contributed by atoms with Crippen molar-refractivity contribution in [1.29, 1.82) is 0 Å². The minimum absolute atomic E-state index is 0.0245. The number of carbonyl (C=O) groups excluding carboxylic acids is 2. The van der Waals surface area contributed by atoms with Crippen LogP contribution in [0.2, 0.25) is 5.02 Å². The third-order valence-corrected chi connectivity index (χ3v) is 4.03. The van der Waals surface area contributed by atoms with E-state index in [0.717, 1.165) is 30.3 Å². The standard InChI is InChI=1S/C20H12ClF4NO4/c21-16-8-11(22)4-6-18(16)29-17-7-5-14(30-20(23,24)25)10-15(17)19(28)26-12-2-1-3-13(27)9-12/h1-2,4-10H,3H2,(H,26,28). The Hall–Kier alpha value is -3.33. The zero-order valence-electron chi connectivity index (χ0n) is 14.9. The van der Waals surface area contributed by atoms with Gasteiger partial charge in [-0.1, -0.05) is 17.7 Å². The quantitative estimate of drug-likeness (QED) is 0.638. The number of benzene rings is 2. The Morgan fingerprint density at radius 3 is 2.50 bits per heavy atom. The summed E-state index contributed by atoms with van der Waals surface area (Å²) in [6, 6.07) is 6.08. The van der Waals surface area contributed by atoms with Crippen LogP contribution in [-0.4, -0.2) is 18.1 Å². The Bertz CT molecular complexity index is 1060. The third-order valence-electron chi connectivity index (χ3n) is 3.73. The molecule has 30 heavy (non-hydrogen) atoms. The van der Waals surface area contributed by atoms with Crippen LogP contribution >= 0.6 is 11.6 Å². The second-order valence-corrected chi connectivity index (χ2v) is 6.42. The first-order valence-electron chi connectivity index (χ1n) is 8.36. The summed E-state index contributed by atoms with van der Waals surface area (Å²) in [6.45, 7) is 0. The topological polar surface area (TPSA) is 64.6 Å². The third kappa shape index (κ3) is 5.60. The number of alkyl halides is 3. The van der Waals surface area contributed by atoms with Crippen molar-refractivity contribution in [2.24, 2.45) is 0 Å². The number of halogens is 5.